The van der Waals surface area contributed by atoms with E-state index in [1.807, 2.05) is 55.5 Å². The standard InChI is InChI=1S/C19H21N5O2/c1-14-7-9-16(10-8-14)19-21-23-24(22-19)13-18(25)20-12-11-15-5-3-4-6-17(15)26-2/h3-10H,11-13H2,1-2H3,(H,20,25). The van der Waals surface area contributed by atoms with Gasteiger partial charge in [0, 0.05) is 12.1 Å². The molecule has 1 aromatic heterocycles. The minimum absolute atomic E-state index is 0.0325. The molecule has 0 fully saturated rings. The molecule has 0 bridgehead atoms. The van der Waals surface area contributed by atoms with Crippen LogP contribution in [0.2, 0.25) is 0 Å². The first-order valence-electron chi connectivity index (χ1n) is 8.39. The van der Waals surface area contributed by atoms with Crippen LogP contribution in [0.3, 0.4) is 0 Å². The number of aryl methyl sites for hydroxylation is 1. The Bertz CT molecular complexity index is 874. The Balaban J connectivity index is 1.51. The number of tetrazole rings is 1. The molecule has 1 heterocycles. The number of para-hydroxylation sites is 1. The van der Waals surface area contributed by atoms with Gasteiger partial charge in [0.05, 0.1) is 7.11 Å². The van der Waals surface area contributed by atoms with E-state index in [4.69, 9.17) is 4.74 Å². The molecule has 0 atom stereocenters. The van der Waals surface area contributed by atoms with Crippen molar-refractivity contribution >= 4 is 5.91 Å². The molecule has 0 aliphatic heterocycles. The number of hydrogen-bond acceptors (Lipinski definition) is 5. The van der Waals surface area contributed by atoms with Gasteiger partial charge in [-0.2, -0.15) is 4.80 Å². The van der Waals surface area contributed by atoms with Crippen molar-refractivity contribution in [3.63, 3.8) is 0 Å². The predicted octanol–water partition coefficient (Wildman–Crippen LogP) is 2.02. The molecule has 7 heteroatoms. The first-order chi connectivity index (χ1) is 12.7. The Hall–Kier alpha value is -3.22. The highest BCUT2D eigenvalue weighted by Crippen LogP contribution is 2.17. The predicted molar refractivity (Wildman–Crippen MR) is 97.7 cm³/mol. The van der Waals surface area contributed by atoms with Crippen LogP contribution in [0.1, 0.15) is 11.1 Å². The highest BCUT2D eigenvalue weighted by Gasteiger charge is 2.09. The molecule has 0 saturated heterocycles. The van der Waals surface area contributed by atoms with Crippen molar-refractivity contribution < 1.29 is 9.53 Å². The van der Waals surface area contributed by atoms with E-state index in [2.05, 4.69) is 20.7 Å². The number of nitrogens with zero attached hydrogens (tertiary/aromatic N) is 4. The van der Waals surface area contributed by atoms with Gasteiger partial charge in [-0.05, 0) is 30.2 Å². The molecule has 0 saturated carbocycles. The second-order valence-corrected chi connectivity index (χ2v) is 5.92. The maximum Gasteiger partial charge on any atom is 0.243 e. The minimum atomic E-state index is -0.159. The van der Waals surface area contributed by atoms with Crippen molar-refractivity contribution in [2.75, 3.05) is 13.7 Å². The van der Waals surface area contributed by atoms with Crippen LogP contribution in [0.5, 0.6) is 5.75 Å². The number of rotatable bonds is 7. The summed E-state index contributed by atoms with van der Waals surface area (Å²) in [5.41, 5.74) is 3.09. The number of nitrogens with one attached hydrogen (secondary N) is 1. The zero-order valence-corrected chi connectivity index (χ0v) is 14.8. The Morgan fingerprint density at radius 1 is 1.15 bits per heavy atom. The highest BCUT2D eigenvalue weighted by molar-refractivity contribution is 5.75. The van der Waals surface area contributed by atoms with Crippen LogP contribution in [0, 0.1) is 6.92 Å². The quantitative estimate of drug-likeness (QED) is 0.704. The second kappa shape index (κ2) is 8.24. The van der Waals surface area contributed by atoms with Gasteiger partial charge in [0.25, 0.3) is 0 Å². The number of aromatic nitrogens is 4. The molecule has 7 nitrogen and oxygen atoms in total. The number of hydrogen-bond donors (Lipinski definition) is 1. The van der Waals surface area contributed by atoms with Crippen LogP contribution < -0.4 is 10.1 Å². The fourth-order valence-corrected chi connectivity index (χ4v) is 2.56. The number of carbonyl (C=O) groups excluding carboxylic acids is 1. The lowest BCUT2D eigenvalue weighted by Gasteiger charge is -2.08. The molecule has 2 aromatic carbocycles. The van der Waals surface area contributed by atoms with E-state index >= 15 is 0 Å². The van der Waals surface area contributed by atoms with E-state index in [-0.39, 0.29) is 12.5 Å². The molecule has 1 amide bonds. The largest absolute Gasteiger partial charge is 0.496 e. The van der Waals surface area contributed by atoms with E-state index < -0.39 is 0 Å². The summed E-state index contributed by atoms with van der Waals surface area (Å²) in [6.07, 6.45) is 0.690. The number of methoxy groups -OCH3 is 1. The summed E-state index contributed by atoms with van der Waals surface area (Å²) in [6.45, 7) is 2.56. The van der Waals surface area contributed by atoms with Crippen molar-refractivity contribution in [2.24, 2.45) is 0 Å². The van der Waals surface area contributed by atoms with E-state index in [1.54, 1.807) is 7.11 Å². The van der Waals surface area contributed by atoms with Gasteiger partial charge in [-0.15, -0.1) is 10.2 Å². The Kier molecular flexibility index (Phi) is 5.58. The van der Waals surface area contributed by atoms with Crippen LogP contribution in [0.15, 0.2) is 48.5 Å². The van der Waals surface area contributed by atoms with Crippen molar-refractivity contribution in [3.8, 4) is 17.1 Å². The molecule has 0 unspecified atom stereocenters. The van der Waals surface area contributed by atoms with Crippen LogP contribution in [-0.4, -0.2) is 39.8 Å². The van der Waals surface area contributed by atoms with Gasteiger partial charge in [-0.1, -0.05) is 48.0 Å². The van der Waals surface area contributed by atoms with Gasteiger partial charge in [0.1, 0.15) is 12.3 Å². The average Bonchev–Trinajstić information content (AvgIpc) is 3.11. The average molecular weight is 351 g/mol. The summed E-state index contributed by atoms with van der Waals surface area (Å²) in [7, 11) is 1.64. The SMILES string of the molecule is COc1ccccc1CCNC(=O)Cn1nnc(-c2ccc(C)cc2)n1. The van der Waals surface area contributed by atoms with Crippen molar-refractivity contribution in [3.05, 3.63) is 59.7 Å². The van der Waals surface area contributed by atoms with E-state index in [0.717, 1.165) is 22.4 Å². The van der Waals surface area contributed by atoms with E-state index in [1.165, 1.54) is 4.80 Å². The topological polar surface area (TPSA) is 81.9 Å². The lowest BCUT2D eigenvalue weighted by Crippen LogP contribution is -2.30. The maximum absolute atomic E-state index is 12.1. The molecule has 3 aromatic rings. The molecule has 3 rings (SSSR count). The molecular weight excluding hydrogens is 330 g/mol. The molecule has 0 radical (unpaired) electrons. The summed E-state index contributed by atoms with van der Waals surface area (Å²) in [5, 5.41) is 15.1. The Morgan fingerprint density at radius 2 is 1.92 bits per heavy atom. The number of ether oxygens (including phenoxy) is 1. The number of amides is 1. The first-order valence-corrected chi connectivity index (χ1v) is 8.39. The summed E-state index contributed by atoms with van der Waals surface area (Å²) in [4.78, 5) is 13.4. The fraction of sp³-hybridized carbons (Fsp3) is 0.263. The smallest absolute Gasteiger partial charge is 0.243 e. The monoisotopic (exact) mass is 351 g/mol. The van der Waals surface area contributed by atoms with Gasteiger partial charge in [0.2, 0.25) is 11.7 Å². The Labute approximate surface area is 152 Å². The zero-order valence-electron chi connectivity index (χ0n) is 14.8. The van der Waals surface area contributed by atoms with Crippen LogP contribution in [0.25, 0.3) is 11.4 Å². The van der Waals surface area contributed by atoms with Crippen molar-refractivity contribution in [2.45, 2.75) is 19.9 Å². The molecule has 0 aliphatic carbocycles. The van der Waals surface area contributed by atoms with Crippen molar-refractivity contribution in [1.82, 2.24) is 25.5 Å². The Morgan fingerprint density at radius 3 is 2.69 bits per heavy atom. The normalized spacial score (nSPS) is 10.5. The van der Waals surface area contributed by atoms with Gasteiger partial charge < -0.3 is 10.1 Å². The highest BCUT2D eigenvalue weighted by atomic mass is 16.5. The molecule has 0 aliphatic rings. The van der Waals surface area contributed by atoms with Crippen LogP contribution in [0.4, 0.5) is 0 Å². The fourth-order valence-electron chi connectivity index (χ4n) is 2.56. The summed E-state index contributed by atoms with van der Waals surface area (Å²) in [6, 6.07) is 15.6. The summed E-state index contributed by atoms with van der Waals surface area (Å²) < 4.78 is 5.31. The molecule has 1 N–H and O–H groups in total. The number of carbonyl (C=O) groups is 1. The molecule has 134 valence electrons. The third kappa shape index (κ3) is 4.44. The summed E-state index contributed by atoms with van der Waals surface area (Å²) >= 11 is 0. The molecule has 0 spiro atoms. The molecule has 26 heavy (non-hydrogen) atoms. The lowest BCUT2D eigenvalue weighted by atomic mass is 10.1. The first kappa shape index (κ1) is 17.6. The van der Waals surface area contributed by atoms with Gasteiger partial charge in [-0.25, -0.2) is 0 Å². The third-order valence-corrected chi connectivity index (χ3v) is 3.96. The second-order valence-electron chi connectivity index (χ2n) is 5.92. The third-order valence-electron chi connectivity index (χ3n) is 3.96. The van der Waals surface area contributed by atoms with E-state index in [0.29, 0.717) is 18.8 Å². The van der Waals surface area contributed by atoms with Crippen LogP contribution in [-0.2, 0) is 17.8 Å². The zero-order chi connectivity index (χ0) is 18.4. The summed E-state index contributed by atoms with van der Waals surface area (Å²) in [5.74, 6) is 1.17. The lowest BCUT2D eigenvalue weighted by molar-refractivity contribution is -0.122. The van der Waals surface area contributed by atoms with Crippen molar-refractivity contribution in [1.29, 1.82) is 0 Å². The minimum Gasteiger partial charge on any atom is -0.496 e. The van der Waals surface area contributed by atoms with Crippen LogP contribution >= 0.6 is 0 Å². The van der Waals surface area contributed by atoms with Gasteiger partial charge in [0.15, 0.2) is 0 Å². The van der Waals surface area contributed by atoms with E-state index in [9.17, 15) is 4.79 Å². The van der Waals surface area contributed by atoms with Gasteiger partial charge in [-0.3, -0.25) is 4.79 Å². The molecular formula is C19H21N5O2. The maximum atomic E-state index is 12.1. The number of benzene rings is 2. The van der Waals surface area contributed by atoms with Gasteiger partial charge >= 0.3 is 0 Å².